The molecule has 1 unspecified atom stereocenters. The van der Waals surface area contributed by atoms with Gasteiger partial charge in [-0.1, -0.05) is 0 Å². The van der Waals surface area contributed by atoms with E-state index in [4.69, 9.17) is 9.47 Å². The Bertz CT molecular complexity index is 780. The first-order valence-corrected chi connectivity index (χ1v) is 9.68. The van der Waals surface area contributed by atoms with E-state index in [1.54, 1.807) is 0 Å². The SMILES string of the molecule is CCOc1cc2c(c3[nH]c(C(=O)N4CCSCC4)cc13)OC(C)C2. The van der Waals surface area contributed by atoms with E-state index in [2.05, 4.69) is 18.0 Å². The Hall–Kier alpha value is -1.82. The Kier molecular flexibility index (Phi) is 4.08. The van der Waals surface area contributed by atoms with E-state index in [1.807, 2.05) is 29.7 Å². The Morgan fingerprint density at radius 1 is 1.42 bits per heavy atom. The number of thioether (sulfide) groups is 1. The lowest BCUT2D eigenvalue weighted by Crippen LogP contribution is -2.38. The minimum atomic E-state index is 0.0637. The summed E-state index contributed by atoms with van der Waals surface area (Å²) in [6.07, 6.45) is 1.03. The van der Waals surface area contributed by atoms with E-state index in [0.29, 0.717) is 12.3 Å². The molecular formula is C18H22N2O3S. The Morgan fingerprint density at radius 3 is 2.96 bits per heavy atom. The van der Waals surface area contributed by atoms with Crippen LogP contribution < -0.4 is 9.47 Å². The van der Waals surface area contributed by atoms with Gasteiger partial charge in [-0.15, -0.1) is 0 Å². The van der Waals surface area contributed by atoms with Gasteiger partial charge < -0.3 is 19.4 Å². The summed E-state index contributed by atoms with van der Waals surface area (Å²) in [5, 5.41) is 0.930. The third-order valence-corrected chi connectivity index (χ3v) is 5.50. The van der Waals surface area contributed by atoms with Crippen molar-refractivity contribution >= 4 is 28.6 Å². The standard InChI is InChI=1S/C18H22N2O3S/c1-3-22-15-9-12-8-11(2)23-17(12)16-13(15)10-14(19-16)18(21)20-4-6-24-7-5-20/h9-11,19H,3-8H2,1-2H3. The molecule has 0 bridgehead atoms. The second-order valence-corrected chi connectivity index (χ2v) is 7.53. The van der Waals surface area contributed by atoms with Gasteiger partial charge in [-0.25, -0.2) is 0 Å². The molecule has 1 amide bonds. The molecular weight excluding hydrogens is 324 g/mol. The molecule has 1 saturated heterocycles. The first-order valence-electron chi connectivity index (χ1n) is 8.52. The Labute approximate surface area is 145 Å². The van der Waals surface area contributed by atoms with Gasteiger partial charge in [0.1, 0.15) is 23.3 Å². The molecule has 0 radical (unpaired) electrons. The van der Waals surface area contributed by atoms with Crippen molar-refractivity contribution in [3.63, 3.8) is 0 Å². The summed E-state index contributed by atoms with van der Waals surface area (Å²) in [7, 11) is 0. The summed E-state index contributed by atoms with van der Waals surface area (Å²) < 4.78 is 11.8. The first-order chi connectivity index (χ1) is 11.7. The summed E-state index contributed by atoms with van der Waals surface area (Å²) in [6.45, 7) is 6.25. The van der Waals surface area contributed by atoms with Crippen molar-refractivity contribution in [3.05, 3.63) is 23.4 Å². The van der Waals surface area contributed by atoms with E-state index < -0.39 is 0 Å². The molecule has 3 heterocycles. The van der Waals surface area contributed by atoms with Crippen molar-refractivity contribution in [2.24, 2.45) is 0 Å². The molecule has 0 saturated carbocycles. The van der Waals surface area contributed by atoms with Crippen LogP contribution in [0, 0.1) is 0 Å². The van der Waals surface area contributed by atoms with Crippen LogP contribution in [0.3, 0.4) is 0 Å². The maximum absolute atomic E-state index is 12.8. The van der Waals surface area contributed by atoms with Crippen LogP contribution in [0.1, 0.15) is 29.9 Å². The van der Waals surface area contributed by atoms with Crippen molar-refractivity contribution in [2.45, 2.75) is 26.4 Å². The summed E-state index contributed by atoms with van der Waals surface area (Å²) in [5.74, 6) is 3.77. The van der Waals surface area contributed by atoms with Crippen LogP contribution in [-0.4, -0.2) is 53.1 Å². The zero-order chi connectivity index (χ0) is 16.7. The molecule has 1 fully saturated rings. The number of nitrogens with zero attached hydrogens (tertiary/aromatic N) is 1. The van der Waals surface area contributed by atoms with Gasteiger partial charge in [-0.3, -0.25) is 4.79 Å². The maximum atomic E-state index is 12.8. The highest BCUT2D eigenvalue weighted by atomic mass is 32.2. The van der Waals surface area contributed by atoms with Crippen molar-refractivity contribution in [2.75, 3.05) is 31.2 Å². The van der Waals surface area contributed by atoms with E-state index in [1.165, 1.54) is 0 Å². The monoisotopic (exact) mass is 346 g/mol. The lowest BCUT2D eigenvalue weighted by molar-refractivity contribution is 0.0767. The normalized spacial score (nSPS) is 20.1. The summed E-state index contributed by atoms with van der Waals surface area (Å²) >= 11 is 1.90. The Morgan fingerprint density at radius 2 is 2.21 bits per heavy atom. The van der Waals surface area contributed by atoms with Crippen molar-refractivity contribution < 1.29 is 14.3 Å². The number of hydrogen-bond donors (Lipinski definition) is 1. The molecule has 2 aliphatic heterocycles. The predicted molar refractivity (Wildman–Crippen MR) is 96.5 cm³/mol. The predicted octanol–water partition coefficient (Wildman–Crippen LogP) is 3.08. The average molecular weight is 346 g/mol. The molecule has 128 valence electrons. The number of H-pyrrole nitrogens is 1. The van der Waals surface area contributed by atoms with Gasteiger partial charge in [0.15, 0.2) is 0 Å². The Balaban J connectivity index is 1.77. The molecule has 1 aromatic heterocycles. The van der Waals surface area contributed by atoms with Crippen molar-refractivity contribution in [1.29, 1.82) is 0 Å². The van der Waals surface area contributed by atoms with Crippen molar-refractivity contribution in [1.82, 2.24) is 9.88 Å². The van der Waals surface area contributed by atoms with Gasteiger partial charge in [-0.2, -0.15) is 11.8 Å². The second-order valence-electron chi connectivity index (χ2n) is 6.30. The number of carbonyl (C=O) groups excluding carboxylic acids is 1. The van der Waals surface area contributed by atoms with Crippen LogP contribution in [0.4, 0.5) is 0 Å². The third-order valence-electron chi connectivity index (χ3n) is 4.56. The quantitative estimate of drug-likeness (QED) is 0.928. The molecule has 1 atom stereocenters. The first kappa shape index (κ1) is 15.7. The highest BCUT2D eigenvalue weighted by Gasteiger charge is 2.27. The van der Waals surface area contributed by atoms with E-state index in [0.717, 1.165) is 59.0 Å². The smallest absolute Gasteiger partial charge is 0.270 e. The highest BCUT2D eigenvalue weighted by molar-refractivity contribution is 7.99. The van der Waals surface area contributed by atoms with Crippen LogP contribution in [0.15, 0.2) is 12.1 Å². The van der Waals surface area contributed by atoms with Crippen LogP contribution >= 0.6 is 11.8 Å². The number of fused-ring (bicyclic) bond motifs is 3. The largest absolute Gasteiger partial charge is 0.493 e. The lowest BCUT2D eigenvalue weighted by Gasteiger charge is -2.25. The number of aromatic nitrogens is 1. The number of carbonyl (C=O) groups is 1. The maximum Gasteiger partial charge on any atom is 0.270 e. The fourth-order valence-electron chi connectivity index (χ4n) is 3.46. The lowest BCUT2D eigenvalue weighted by atomic mass is 10.1. The van der Waals surface area contributed by atoms with Gasteiger partial charge >= 0.3 is 0 Å². The number of nitrogens with one attached hydrogen (secondary N) is 1. The number of aromatic amines is 1. The molecule has 2 aliphatic rings. The fraction of sp³-hybridized carbons (Fsp3) is 0.500. The second kappa shape index (κ2) is 6.24. The minimum Gasteiger partial charge on any atom is -0.493 e. The summed E-state index contributed by atoms with van der Waals surface area (Å²) in [5.41, 5.74) is 2.65. The molecule has 0 spiro atoms. The topological polar surface area (TPSA) is 54.6 Å². The van der Waals surface area contributed by atoms with Crippen LogP contribution in [0.5, 0.6) is 11.5 Å². The number of rotatable bonds is 3. The molecule has 1 N–H and O–H groups in total. The van der Waals surface area contributed by atoms with Crippen molar-refractivity contribution in [3.8, 4) is 11.5 Å². The molecule has 4 rings (SSSR count). The highest BCUT2D eigenvalue weighted by Crippen LogP contribution is 2.41. The minimum absolute atomic E-state index is 0.0637. The van der Waals surface area contributed by atoms with Crippen LogP contribution in [-0.2, 0) is 6.42 Å². The molecule has 6 heteroatoms. The molecule has 2 aromatic rings. The molecule has 0 aliphatic carbocycles. The van der Waals surface area contributed by atoms with E-state index >= 15 is 0 Å². The van der Waals surface area contributed by atoms with Gasteiger partial charge in [0.2, 0.25) is 0 Å². The van der Waals surface area contributed by atoms with Crippen LogP contribution in [0.2, 0.25) is 0 Å². The van der Waals surface area contributed by atoms with E-state index in [9.17, 15) is 4.79 Å². The van der Waals surface area contributed by atoms with Crippen LogP contribution in [0.25, 0.3) is 10.9 Å². The van der Waals surface area contributed by atoms with Gasteiger partial charge in [0, 0.05) is 42.0 Å². The molecule has 24 heavy (non-hydrogen) atoms. The molecule has 1 aromatic carbocycles. The number of amides is 1. The average Bonchev–Trinajstić information content (AvgIpc) is 3.18. The van der Waals surface area contributed by atoms with Gasteiger partial charge in [0.25, 0.3) is 5.91 Å². The third kappa shape index (κ3) is 2.62. The number of hydrogen-bond acceptors (Lipinski definition) is 4. The summed E-state index contributed by atoms with van der Waals surface area (Å²) in [4.78, 5) is 18.0. The van der Waals surface area contributed by atoms with E-state index in [-0.39, 0.29) is 12.0 Å². The molecule has 5 nitrogen and oxygen atoms in total. The fourth-order valence-corrected chi connectivity index (χ4v) is 4.36. The number of benzene rings is 1. The van der Waals surface area contributed by atoms with Gasteiger partial charge in [-0.05, 0) is 26.0 Å². The zero-order valence-corrected chi connectivity index (χ0v) is 14.9. The van der Waals surface area contributed by atoms with Gasteiger partial charge in [0.05, 0.1) is 12.1 Å². The zero-order valence-electron chi connectivity index (χ0n) is 14.1. The number of ether oxygens (including phenoxy) is 2. The summed E-state index contributed by atoms with van der Waals surface area (Å²) in [6, 6.07) is 3.97.